The van der Waals surface area contributed by atoms with Crippen molar-refractivity contribution in [2.24, 2.45) is 23.5 Å². The normalized spacial score (nSPS) is 40.5. The molecule has 0 spiro atoms. The van der Waals surface area contributed by atoms with Crippen LogP contribution in [0.15, 0.2) is 0 Å². The van der Waals surface area contributed by atoms with Crippen molar-refractivity contribution >= 4 is 5.91 Å². The van der Waals surface area contributed by atoms with Crippen LogP contribution in [0.1, 0.15) is 46.0 Å². The minimum Gasteiger partial charge on any atom is -0.373 e. The summed E-state index contributed by atoms with van der Waals surface area (Å²) in [5, 5.41) is 3.13. The van der Waals surface area contributed by atoms with Crippen LogP contribution >= 0.6 is 0 Å². The molecule has 6 unspecified atom stereocenters. The molecule has 2 bridgehead atoms. The van der Waals surface area contributed by atoms with Gasteiger partial charge in [0.15, 0.2) is 0 Å². The van der Waals surface area contributed by atoms with E-state index in [1.807, 2.05) is 0 Å². The van der Waals surface area contributed by atoms with Crippen molar-refractivity contribution in [2.75, 3.05) is 26.2 Å². The summed E-state index contributed by atoms with van der Waals surface area (Å²) in [7, 11) is 0. The highest BCUT2D eigenvalue weighted by molar-refractivity contribution is 5.80. The molecule has 6 atom stereocenters. The van der Waals surface area contributed by atoms with E-state index >= 15 is 0 Å². The van der Waals surface area contributed by atoms with Crippen LogP contribution in [-0.4, -0.2) is 55.2 Å². The van der Waals surface area contributed by atoms with E-state index in [4.69, 9.17) is 10.5 Å². The summed E-state index contributed by atoms with van der Waals surface area (Å²) in [6.45, 7) is 8.21. The molecule has 1 amide bonds. The number of hydrogen-bond donors (Lipinski definition) is 2. The first-order valence-corrected chi connectivity index (χ1v) is 9.45. The van der Waals surface area contributed by atoms with Crippen molar-refractivity contribution in [1.29, 1.82) is 0 Å². The second kappa shape index (κ2) is 7.49. The van der Waals surface area contributed by atoms with Gasteiger partial charge in [-0.05, 0) is 64.3 Å². The van der Waals surface area contributed by atoms with E-state index < -0.39 is 0 Å². The number of ether oxygens (including phenoxy) is 1. The maximum Gasteiger partial charge on any atom is 0.224 e. The first kappa shape index (κ1) is 17.2. The SMILES string of the molecule is CC1CN(CCCCNC(=O)C2C3CCC(C3)C2N)CC(C)O1. The molecule has 5 nitrogen and oxygen atoms in total. The van der Waals surface area contributed by atoms with Crippen molar-refractivity contribution in [1.82, 2.24) is 10.2 Å². The Labute approximate surface area is 140 Å². The van der Waals surface area contributed by atoms with Crippen LogP contribution in [0.3, 0.4) is 0 Å². The van der Waals surface area contributed by atoms with Gasteiger partial charge in [-0.2, -0.15) is 0 Å². The maximum absolute atomic E-state index is 12.4. The number of fused-ring (bicyclic) bond motifs is 2. The van der Waals surface area contributed by atoms with E-state index in [1.54, 1.807) is 0 Å². The minimum absolute atomic E-state index is 0.0784. The first-order valence-electron chi connectivity index (χ1n) is 9.45. The minimum atomic E-state index is 0.0784. The Morgan fingerprint density at radius 1 is 1.17 bits per heavy atom. The third-order valence-corrected chi connectivity index (χ3v) is 5.98. The number of unbranched alkanes of at least 4 members (excludes halogenated alkanes) is 1. The fraction of sp³-hybridized carbons (Fsp3) is 0.944. The van der Waals surface area contributed by atoms with Gasteiger partial charge in [-0.1, -0.05) is 0 Å². The molecule has 1 saturated heterocycles. The number of rotatable bonds is 6. The molecule has 1 aliphatic heterocycles. The summed E-state index contributed by atoms with van der Waals surface area (Å²) >= 11 is 0. The Morgan fingerprint density at radius 2 is 1.87 bits per heavy atom. The van der Waals surface area contributed by atoms with E-state index in [0.29, 0.717) is 24.0 Å². The molecule has 3 N–H and O–H groups in total. The Balaban J connectivity index is 1.30. The van der Waals surface area contributed by atoms with Gasteiger partial charge in [0.05, 0.1) is 18.1 Å². The molecule has 1 heterocycles. The Kier molecular flexibility index (Phi) is 5.60. The summed E-state index contributed by atoms with van der Waals surface area (Å²) in [6, 6.07) is 0.102. The third-order valence-electron chi connectivity index (χ3n) is 5.98. The van der Waals surface area contributed by atoms with Crippen LogP contribution in [0.25, 0.3) is 0 Å². The van der Waals surface area contributed by atoms with E-state index in [-0.39, 0.29) is 17.9 Å². The lowest BCUT2D eigenvalue weighted by Crippen LogP contribution is -2.46. The number of nitrogens with one attached hydrogen (secondary N) is 1. The number of carbonyl (C=O) groups excluding carboxylic acids is 1. The number of carbonyl (C=O) groups is 1. The van der Waals surface area contributed by atoms with Gasteiger partial charge in [0.25, 0.3) is 0 Å². The Morgan fingerprint density at radius 3 is 2.52 bits per heavy atom. The molecule has 0 aromatic heterocycles. The highest BCUT2D eigenvalue weighted by Gasteiger charge is 2.48. The molecule has 2 aliphatic carbocycles. The van der Waals surface area contributed by atoms with Crippen molar-refractivity contribution in [3.05, 3.63) is 0 Å². The Hall–Kier alpha value is -0.650. The summed E-state index contributed by atoms with van der Waals surface area (Å²) in [6.07, 6.45) is 6.43. The van der Waals surface area contributed by atoms with Crippen molar-refractivity contribution in [3.8, 4) is 0 Å². The molecule has 5 heteroatoms. The smallest absolute Gasteiger partial charge is 0.224 e. The second-order valence-corrected chi connectivity index (χ2v) is 7.95. The number of hydrogen-bond acceptors (Lipinski definition) is 4. The van der Waals surface area contributed by atoms with Crippen molar-refractivity contribution < 1.29 is 9.53 Å². The molecule has 0 aromatic rings. The van der Waals surface area contributed by atoms with Crippen LogP contribution in [0.5, 0.6) is 0 Å². The van der Waals surface area contributed by atoms with Crippen molar-refractivity contribution in [3.63, 3.8) is 0 Å². The highest BCUT2D eigenvalue weighted by atomic mass is 16.5. The van der Waals surface area contributed by atoms with E-state index in [1.165, 1.54) is 19.3 Å². The fourth-order valence-electron chi connectivity index (χ4n) is 4.98. The lowest BCUT2D eigenvalue weighted by atomic mass is 9.84. The summed E-state index contributed by atoms with van der Waals surface area (Å²) < 4.78 is 5.76. The summed E-state index contributed by atoms with van der Waals surface area (Å²) in [5.74, 6) is 1.43. The standard InChI is InChI=1S/C18H33N3O2/c1-12-10-21(11-13(2)23-12)8-4-3-7-20-18(22)16-14-5-6-15(9-14)17(16)19/h12-17H,3-11,19H2,1-2H3,(H,20,22). The summed E-state index contributed by atoms with van der Waals surface area (Å²) in [4.78, 5) is 14.9. The molecule has 2 saturated carbocycles. The van der Waals surface area contributed by atoms with Gasteiger partial charge >= 0.3 is 0 Å². The van der Waals surface area contributed by atoms with Gasteiger partial charge in [-0.15, -0.1) is 0 Å². The van der Waals surface area contributed by atoms with Crippen LogP contribution in [0.4, 0.5) is 0 Å². The lowest BCUT2D eigenvalue weighted by molar-refractivity contribution is -0.127. The molecule has 3 rings (SSSR count). The average molecular weight is 323 g/mol. The van der Waals surface area contributed by atoms with Crippen LogP contribution in [0, 0.1) is 17.8 Å². The average Bonchev–Trinajstić information content (AvgIpc) is 3.06. The van der Waals surface area contributed by atoms with Gasteiger partial charge in [-0.25, -0.2) is 0 Å². The van der Waals surface area contributed by atoms with Gasteiger partial charge in [0.1, 0.15) is 0 Å². The number of nitrogens with zero attached hydrogens (tertiary/aromatic N) is 1. The third kappa shape index (κ3) is 4.06. The van der Waals surface area contributed by atoms with Gasteiger partial charge in [0, 0.05) is 25.7 Å². The van der Waals surface area contributed by atoms with Gasteiger partial charge < -0.3 is 15.8 Å². The molecule has 3 aliphatic rings. The highest BCUT2D eigenvalue weighted by Crippen LogP contribution is 2.47. The monoisotopic (exact) mass is 323 g/mol. The summed E-state index contributed by atoms with van der Waals surface area (Å²) in [5.41, 5.74) is 6.24. The zero-order chi connectivity index (χ0) is 16.4. The number of amides is 1. The molecule has 132 valence electrons. The molecule has 0 radical (unpaired) electrons. The topological polar surface area (TPSA) is 67.6 Å². The maximum atomic E-state index is 12.4. The molecule has 23 heavy (non-hydrogen) atoms. The predicted octanol–water partition coefficient (Wildman–Crippen LogP) is 1.37. The number of morpholine rings is 1. The lowest BCUT2D eigenvalue weighted by Gasteiger charge is -2.35. The molecule has 0 aromatic carbocycles. The second-order valence-electron chi connectivity index (χ2n) is 7.95. The molecule has 3 fully saturated rings. The molecular weight excluding hydrogens is 290 g/mol. The Bertz CT molecular complexity index is 405. The zero-order valence-electron chi connectivity index (χ0n) is 14.7. The van der Waals surface area contributed by atoms with Crippen LogP contribution in [0.2, 0.25) is 0 Å². The van der Waals surface area contributed by atoms with Crippen LogP contribution in [-0.2, 0) is 9.53 Å². The zero-order valence-corrected chi connectivity index (χ0v) is 14.7. The molecular formula is C18H33N3O2. The quantitative estimate of drug-likeness (QED) is 0.725. The predicted molar refractivity (Wildman–Crippen MR) is 91.0 cm³/mol. The van der Waals surface area contributed by atoms with E-state index in [2.05, 4.69) is 24.1 Å². The van der Waals surface area contributed by atoms with Crippen molar-refractivity contribution in [2.45, 2.75) is 64.2 Å². The van der Waals surface area contributed by atoms with E-state index in [0.717, 1.165) is 39.0 Å². The largest absolute Gasteiger partial charge is 0.373 e. The number of nitrogens with two attached hydrogens (primary N) is 1. The van der Waals surface area contributed by atoms with Gasteiger partial charge in [0.2, 0.25) is 5.91 Å². The van der Waals surface area contributed by atoms with Crippen LogP contribution < -0.4 is 11.1 Å². The first-order chi connectivity index (χ1) is 11.0. The fourth-order valence-corrected chi connectivity index (χ4v) is 4.98. The van der Waals surface area contributed by atoms with E-state index in [9.17, 15) is 4.79 Å². The van der Waals surface area contributed by atoms with Gasteiger partial charge in [-0.3, -0.25) is 9.69 Å².